The van der Waals surface area contributed by atoms with Crippen molar-refractivity contribution in [2.75, 3.05) is 6.61 Å². The molecule has 0 aliphatic heterocycles. The van der Waals surface area contributed by atoms with E-state index in [-0.39, 0.29) is 0 Å². The van der Waals surface area contributed by atoms with Crippen LogP contribution in [0.5, 0.6) is 5.75 Å². The summed E-state index contributed by atoms with van der Waals surface area (Å²) in [5.41, 5.74) is 1.13. The topological polar surface area (TPSA) is 9.23 Å². The zero-order valence-electron chi connectivity index (χ0n) is 19.6. The molecule has 2 aliphatic carbocycles. The van der Waals surface area contributed by atoms with E-state index in [2.05, 4.69) is 50.0 Å². The van der Waals surface area contributed by atoms with Crippen molar-refractivity contribution in [3.8, 4) is 17.6 Å². The van der Waals surface area contributed by atoms with E-state index < -0.39 is 0 Å². The SMILES string of the molecule is CCCCCC1CCC(C2CCC(C#Cc3ccc(OCCCC)cc3)CC2)CC1. The number of unbranched alkanes of at least 4 members (excludes halogenated alkanes) is 3. The Morgan fingerprint density at radius 3 is 2.03 bits per heavy atom. The Bertz CT molecular complexity index is 633. The van der Waals surface area contributed by atoms with Gasteiger partial charge in [-0.1, -0.05) is 70.6 Å². The molecule has 1 aromatic carbocycles. The largest absolute Gasteiger partial charge is 0.494 e. The Morgan fingerprint density at radius 2 is 1.40 bits per heavy atom. The lowest BCUT2D eigenvalue weighted by Crippen LogP contribution is -2.25. The lowest BCUT2D eigenvalue weighted by Gasteiger charge is -2.37. The van der Waals surface area contributed by atoms with Gasteiger partial charge in [-0.3, -0.25) is 0 Å². The molecule has 166 valence electrons. The maximum Gasteiger partial charge on any atom is 0.119 e. The smallest absolute Gasteiger partial charge is 0.119 e. The fourth-order valence-electron chi connectivity index (χ4n) is 5.52. The van der Waals surface area contributed by atoms with Crippen LogP contribution in [0, 0.1) is 35.5 Å². The highest BCUT2D eigenvalue weighted by Gasteiger charge is 2.30. The highest BCUT2D eigenvalue weighted by molar-refractivity contribution is 5.38. The second-order valence-electron chi connectivity index (χ2n) is 9.88. The van der Waals surface area contributed by atoms with Crippen molar-refractivity contribution in [3.05, 3.63) is 29.8 Å². The molecule has 1 nitrogen and oxygen atoms in total. The zero-order valence-corrected chi connectivity index (χ0v) is 19.6. The average molecular weight is 409 g/mol. The van der Waals surface area contributed by atoms with Crippen molar-refractivity contribution >= 4 is 0 Å². The van der Waals surface area contributed by atoms with E-state index in [0.717, 1.165) is 42.1 Å². The molecule has 2 saturated carbocycles. The van der Waals surface area contributed by atoms with Gasteiger partial charge >= 0.3 is 0 Å². The first-order valence-corrected chi connectivity index (χ1v) is 13.0. The molecule has 0 radical (unpaired) electrons. The Morgan fingerprint density at radius 1 is 0.767 bits per heavy atom. The first-order valence-electron chi connectivity index (χ1n) is 13.0. The summed E-state index contributed by atoms with van der Waals surface area (Å²) >= 11 is 0. The summed E-state index contributed by atoms with van der Waals surface area (Å²) in [7, 11) is 0. The van der Waals surface area contributed by atoms with Crippen LogP contribution in [-0.4, -0.2) is 6.61 Å². The van der Waals surface area contributed by atoms with E-state index in [9.17, 15) is 0 Å². The first kappa shape index (κ1) is 23.2. The Labute approximate surface area is 186 Å². The van der Waals surface area contributed by atoms with E-state index in [1.165, 1.54) is 83.5 Å². The second-order valence-corrected chi connectivity index (χ2v) is 9.88. The van der Waals surface area contributed by atoms with E-state index in [4.69, 9.17) is 4.74 Å². The van der Waals surface area contributed by atoms with Gasteiger partial charge < -0.3 is 4.74 Å². The first-order chi connectivity index (χ1) is 14.8. The van der Waals surface area contributed by atoms with E-state index in [1.807, 2.05) is 0 Å². The number of rotatable bonds is 9. The minimum absolute atomic E-state index is 0.604. The lowest BCUT2D eigenvalue weighted by atomic mass is 9.69. The fraction of sp³-hybridized carbons (Fsp3) is 0.724. The predicted molar refractivity (Wildman–Crippen MR) is 129 cm³/mol. The van der Waals surface area contributed by atoms with Gasteiger partial charge in [0.05, 0.1) is 6.61 Å². The van der Waals surface area contributed by atoms with Crippen molar-refractivity contribution < 1.29 is 4.74 Å². The van der Waals surface area contributed by atoms with Crippen LogP contribution in [0.3, 0.4) is 0 Å². The van der Waals surface area contributed by atoms with Gasteiger partial charge in [0, 0.05) is 11.5 Å². The van der Waals surface area contributed by atoms with Crippen molar-refractivity contribution in [2.24, 2.45) is 23.7 Å². The number of hydrogen-bond acceptors (Lipinski definition) is 1. The Hall–Kier alpha value is -1.42. The molecule has 0 saturated heterocycles. The maximum atomic E-state index is 5.75. The standard InChI is InChI=1S/C29H44O/c1-3-5-7-8-24-11-17-27(18-12-24)28-19-13-25(14-20-28)9-10-26-15-21-29(22-16-26)30-23-6-4-2/h15-16,21-22,24-25,27-28H,3-8,11-14,17-20,23H2,1-2H3. The fourth-order valence-corrected chi connectivity index (χ4v) is 5.52. The van der Waals surface area contributed by atoms with E-state index in [1.54, 1.807) is 0 Å². The van der Waals surface area contributed by atoms with Crippen LogP contribution in [0.1, 0.15) is 109 Å². The molecule has 0 aromatic heterocycles. The third-order valence-electron chi connectivity index (χ3n) is 7.59. The van der Waals surface area contributed by atoms with Gasteiger partial charge in [-0.05, 0) is 87.0 Å². The second kappa shape index (κ2) is 13.1. The molecule has 30 heavy (non-hydrogen) atoms. The summed E-state index contributed by atoms with van der Waals surface area (Å²) in [5, 5.41) is 0. The predicted octanol–water partition coefficient (Wildman–Crippen LogP) is 8.41. The summed E-state index contributed by atoms with van der Waals surface area (Å²) < 4.78 is 5.75. The Kier molecular flexibility index (Phi) is 10.1. The molecule has 0 N–H and O–H groups in total. The summed E-state index contributed by atoms with van der Waals surface area (Å²) in [6.45, 7) is 5.32. The van der Waals surface area contributed by atoms with Crippen molar-refractivity contribution in [3.63, 3.8) is 0 Å². The van der Waals surface area contributed by atoms with Gasteiger partial charge in [-0.25, -0.2) is 0 Å². The molecular formula is C29H44O. The van der Waals surface area contributed by atoms with Crippen LogP contribution in [0.2, 0.25) is 0 Å². The highest BCUT2D eigenvalue weighted by Crippen LogP contribution is 2.42. The van der Waals surface area contributed by atoms with Crippen LogP contribution < -0.4 is 4.74 Å². The molecule has 2 fully saturated rings. The highest BCUT2D eigenvalue weighted by atomic mass is 16.5. The summed E-state index contributed by atoms with van der Waals surface area (Å²) in [5.74, 6) is 11.6. The minimum atomic E-state index is 0.604. The van der Waals surface area contributed by atoms with Gasteiger partial charge in [0.2, 0.25) is 0 Å². The zero-order chi connectivity index (χ0) is 21.0. The maximum absolute atomic E-state index is 5.75. The normalized spacial score (nSPS) is 26.6. The lowest BCUT2D eigenvalue weighted by molar-refractivity contribution is 0.153. The molecule has 0 atom stereocenters. The van der Waals surface area contributed by atoms with Crippen LogP contribution in [0.4, 0.5) is 0 Å². The van der Waals surface area contributed by atoms with E-state index >= 15 is 0 Å². The third-order valence-corrected chi connectivity index (χ3v) is 7.59. The molecule has 2 aliphatic rings. The van der Waals surface area contributed by atoms with Gasteiger partial charge in [0.25, 0.3) is 0 Å². The van der Waals surface area contributed by atoms with Crippen LogP contribution in [0.25, 0.3) is 0 Å². The summed E-state index contributed by atoms with van der Waals surface area (Å²) in [6.07, 6.45) is 19.5. The molecule has 0 bridgehead atoms. The molecule has 1 heteroatoms. The quantitative estimate of drug-likeness (QED) is 0.294. The molecule has 0 spiro atoms. The van der Waals surface area contributed by atoms with Gasteiger partial charge in [0.1, 0.15) is 5.75 Å². The van der Waals surface area contributed by atoms with Crippen molar-refractivity contribution in [1.29, 1.82) is 0 Å². The summed E-state index contributed by atoms with van der Waals surface area (Å²) in [6, 6.07) is 8.35. The molecule has 0 heterocycles. The third kappa shape index (κ3) is 7.68. The van der Waals surface area contributed by atoms with Gasteiger partial charge in [0.15, 0.2) is 0 Å². The van der Waals surface area contributed by atoms with E-state index in [0.29, 0.717) is 5.92 Å². The molecule has 3 rings (SSSR count). The Balaban J connectivity index is 1.36. The van der Waals surface area contributed by atoms with Crippen LogP contribution >= 0.6 is 0 Å². The molecular weight excluding hydrogens is 364 g/mol. The minimum Gasteiger partial charge on any atom is -0.494 e. The number of hydrogen-bond donors (Lipinski definition) is 0. The average Bonchev–Trinajstić information content (AvgIpc) is 2.80. The molecule has 0 unspecified atom stereocenters. The molecule has 0 amide bonds. The van der Waals surface area contributed by atoms with Crippen molar-refractivity contribution in [1.82, 2.24) is 0 Å². The van der Waals surface area contributed by atoms with Gasteiger partial charge in [-0.2, -0.15) is 0 Å². The summed E-state index contributed by atoms with van der Waals surface area (Å²) in [4.78, 5) is 0. The number of benzene rings is 1. The monoisotopic (exact) mass is 408 g/mol. The van der Waals surface area contributed by atoms with Crippen LogP contribution in [0.15, 0.2) is 24.3 Å². The van der Waals surface area contributed by atoms with Crippen LogP contribution in [-0.2, 0) is 0 Å². The van der Waals surface area contributed by atoms with Crippen molar-refractivity contribution in [2.45, 2.75) is 104 Å². The number of ether oxygens (including phenoxy) is 1. The molecule has 1 aromatic rings. The van der Waals surface area contributed by atoms with Gasteiger partial charge in [-0.15, -0.1) is 0 Å².